The number of hydrogen-bond donors (Lipinski definition) is 1. The maximum atomic E-state index is 12.8. The van der Waals surface area contributed by atoms with Gasteiger partial charge in [0.05, 0.1) is 22.3 Å². The number of amides is 1. The van der Waals surface area contributed by atoms with Gasteiger partial charge in [0, 0.05) is 31.1 Å². The fourth-order valence-electron chi connectivity index (χ4n) is 3.10. The van der Waals surface area contributed by atoms with Crippen molar-refractivity contribution in [1.82, 2.24) is 24.8 Å². The van der Waals surface area contributed by atoms with Crippen LogP contribution in [0.3, 0.4) is 0 Å². The van der Waals surface area contributed by atoms with E-state index in [1.165, 1.54) is 0 Å². The number of nitrogens with one attached hydrogen (secondary N) is 1. The van der Waals surface area contributed by atoms with E-state index < -0.39 is 0 Å². The number of aromatic nitrogens is 4. The lowest BCUT2D eigenvalue weighted by Crippen LogP contribution is -2.26. The summed E-state index contributed by atoms with van der Waals surface area (Å²) in [5, 5.41) is 7.61. The number of rotatable bonds is 5. The summed E-state index contributed by atoms with van der Waals surface area (Å²) in [6.07, 6.45) is 4.59. The minimum atomic E-state index is -0.153. The van der Waals surface area contributed by atoms with Crippen LogP contribution >= 0.6 is 0 Å². The molecule has 0 aliphatic heterocycles. The molecule has 0 spiro atoms. The predicted octanol–water partition coefficient (Wildman–Crippen LogP) is 3.27. The fourth-order valence-corrected chi connectivity index (χ4v) is 3.10. The lowest BCUT2D eigenvalue weighted by atomic mass is 10.0. The van der Waals surface area contributed by atoms with Crippen molar-refractivity contribution in [3.8, 4) is 0 Å². The van der Waals surface area contributed by atoms with Crippen molar-refractivity contribution in [1.29, 1.82) is 0 Å². The maximum Gasteiger partial charge on any atom is 0.259 e. The minimum absolute atomic E-state index is 0.153. The summed E-state index contributed by atoms with van der Waals surface area (Å²) in [6, 6.07) is 7.70. The van der Waals surface area contributed by atoms with E-state index in [0.29, 0.717) is 35.3 Å². The van der Waals surface area contributed by atoms with E-state index in [0.717, 1.165) is 17.0 Å². The van der Waals surface area contributed by atoms with E-state index in [2.05, 4.69) is 20.4 Å². The monoisotopic (exact) mass is 363 g/mol. The van der Waals surface area contributed by atoms with E-state index in [9.17, 15) is 4.79 Å². The third-order valence-corrected chi connectivity index (χ3v) is 4.55. The highest BCUT2D eigenvalue weighted by Gasteiger charge is 2.19. The molecule has 0 aliphatic rings. The van der Waals surface area contributed by atoms with Crippen molar-refractivity contribution in [3.63, 3.8) is 0 Å². The van der Waals surface area contributed by atoms with Gasteiger partial charge in [0.1, 0.15) is 5.65 Å². The van der Waals surface area contributed by atoms with Gasteiger partial charge in [0.25, 0.3) is 11.6 Å². The minimum Gasteiger partial charge on any atom is -0.352 e. The molecule has 0 saturated heterocycles. The first-order valence-electron chi connectivity index (χ1n) is 9.00. The molecule has 0 radical (unpaired) electrons. The second-order valence-electron chi connectivity index (χ2n) is 6.90. The third-order valence-electron chi connectivity index (χ3n) is 4.55. The van der Waals surface area contributed by atoms with Crippen LogP contribution in [0.2, 0.25) is 0 Å². The maximum absolute atomic E-state index is 12.8. The summed E-state index contributed by atoms with van der Waals surface area (Å²) >= 11 is 0. The van der Waals surface area contributed by atoms with Gasteiger partial charge < -0.3 is 14.2 Å². The van der Waals surface area contributed by atoms with Gasteiger partial charge in [0.15, 0.2) is 0 Å². The highest BCUT2D eigenvalue weighted by molar-refractivity contribution is 6.06. The summed E-state index contributed by atoms with van der Waals surface area (Å²) in [5.41, 5.74) is 4.27. The van der Waals surface area contributed by atoms with E-state index in [1.807, 2.05) is 61.8 Å². The van der Waals surface area contributed by atoms with Gasteiger partial charge in [0.2, 0.25) is 0 Å². The molecule has 1 N–H and O–H groups in total. The van der Waals surface area contributed by atoms with Crippen LogP contribution in [0.15, 0.2) is 41.2 Å². The van der Waals surface area contributed by atoms with Gasteiger partial charge in [-0.3, -0.25) is 4.79 Å². The molecule has 0 aromatic carbocycles. The van der Waals surface area contributed by atoms with Crippen molar-refractivity contribution in [2.24, 2.45) is 0 Å². The zero-order valence-electron chi connectivity index (χ0n) is 15.6. The van der Waals surface area contributed by atoms with Gasteiger partial charge in [-0.15, -0.1) is 0 Å². The number of hydrogen-bond acceptors (Lipinski definition) is 5. The van der Waals surface area contributed by atoms with Gasteiger partial charge in [-0.1, -0.05) is 25.1 Å². The zero-order valence-corrected chi connectivity index (χ0v) is 15.6. The van der Waals surface area contributed by atoms with Crippen LogP contribution in [0.5, 0.6) is 0 Å². The summed E-state index contributed by atoms with van der Waals surface area (Å²) in [4.78, 5) is 21.8. The molecular formula is C20H21N5O2. The topological polar surface area (TPSA) is 85.3 Å². The first-order chi connectivity index (χ1) is 13.0. The van der Waals surface area contributed by atoms with Gasteiger partial charge in [-0.2, -0.15) is 0 Å². The molecule has 4 rings (SSSR count). The molecule has 0 unspecified atom stereocenters. The van der Waals surface area contributed by atoms with Gasteiger partial charge >= 0.3 is 0 Å². The number of carbonyl (C=O) groups excluding carboxylic acids is 1. The molecular weight excluding hydrogens is 342 g/mol. The molecule has 4 heterocycles. The highest BCUT2D eigenvalue weighted by Crippen LogP contribution is 2.25. The van der Waals surface area contributed by atoms with E-state index in [-0.39, 0.29) is 11.8 Å². The largest absolute Gasteiger partial charge is 0.352 e. The average Bonchev–Trinajstić information content (AvgIpc) is 3.24. The Hall–Kier alpha value is -3.22. The van der Waals surface area contributed by atoms with E-state index in [1.54, 1.807) is 0 Å². The van der Waals surface area contributed by atoms with Crippen LogP contribution in [0, 0.1) is 6.92 Å². The summed E-state index contributed by atoms with van der Waals surface area (Å²) in [5.74, 6) is 0.0312. The molecule has 1 amide bonds. The Balaban J connectivity index is 1.53. The normalized spacial score (nSPS) is 11.6. The Kier molecular flexibility index (Phi) is 4.35. The molecule has 138 valence electrons. The molecule has 0 aliphatic carbocycles. The molecule has 4 aromatic rings. The van der Waals surface area contributed by atoms with Crippen LogP contribution in [-0.4, -0.2) is 32.0 Å². The smallest absolute Gasteiger partial charge is 0.259 e. The fraction of sp³-hybridized carbons (Fsp3) is 0.300. The number of imidazole rings is 1. The quantitative estimate of drug-likeness (QED) is 0.588. The number of carbonyl (C=O) groups is 1. The molecule has 0 fully saturated rings. The zero-order chi connectivity index (χ0) is 19.0. The van der Waals surface area contributed by atoms with Crippen molar-refractivity contribution in [2.45, 2.75) is 33.1 Å². The predicted molar refractivity (Wildman–Crippen MR) is 102 cm³/mol. The molecule has 0 atom stereocenters. The number of aryl methyl sites for hydroxylation is 1. The van der Waals surface area contributed by atoms with Crippen LogP contribution in [-0.2, 0) is 6.42 Å². The first-order valence-corrected chi connectivity index (χ1v) is 9.00. The van der Waals surface area contributed by atoms with Crippen molar-refractivity contribution in [2.75, 3.05) is 6.54 Å². The van der Waals surface area contributed by atoms with Gasteiger partial charge in [-0.25, -0.2) is 9.97 Å². The Morgan fingerprint density at radius 3 is 2.93 bits per heavy atom. The molecule has 0 saturated carbocycles. The van der Waals surface area contributed by atoms with E-state index >= 15 is 0 Å². The number of fused-ring (bicyclic) bond motifs is 2. The Morgan fingerprint density at radius 1 is 1.30 bits per heavy atom. The molecule has 0 bridgehead atoms. The summed E-state index contributed by atoms with van der Waals surface area (Å²) < 4.78 is 7.26. The molecule has 7 nitrogen and oxygen atoms in total. The number of nitrogens with zero attached hydrogens (tertiary/aromatic N) is 4. The van der Waals surface area contributed by atoms with Gasteiger partial charge in [-0.05, 0) is 31.0 Å². The average molecular weight is 363 g/mol. The van der Waals surface area contributed by atoms with Crippen molar-refractivity contribution >= 4 is 22.7 Å². The van der Waals surface area contributed by atoms with Crippen molar-refractivity contribution < 1.29 is 9.32 Å². The van der Waals surface area contributed by atoms with Crippen molar-refractivity contribution in [3.05, 3.63) is 59.3 Å². The second kappa shape index (κ2) is 6.83. The summed E-state index contributed by atoms with van der Waals surface area (Å²) in [7, 11) is 0. The van der Waals surface area contributed by atoms with Crippen LogP contribution in [0.4, 0.5) is 0 Å². The molecule has 4 aromatic heterocycles. The highest BCUT2D eigenvalue weighted by atomic mass is 16.5. The lowest BCUT2D eigenvalue weighted by molar-refractivity contribution is 0.0955. The van der Waals surface area contributed by atoms with Crippen LogP contribution in [0.25, 0.3) is 16.7 Å². The molecule has 7 heteroatoms. The SMILES string of the molecule is Cc1noc2nc(C(C)C)cc(C(=O)NCCc3cn4ccccc4n3)c12. The number of pyridine rings is 2. The standard InChI is InChI=1S/C20H21N5O2/c1-12(2)16-10-15(18-13(3)24-27-20(18)23-16)19(26)21-8-7-14-11-25-9-5-4-6-17(25)22-14/h4-6,9-12H,7-8H2,1-3H3,(H,21,26). The van der Waals surface area contributed by atoms with Crippen LogP contribution in [0.1, 0.15) is 47.2 Å². The molecule has 27 heavy (non-hydrogen) atoms. The Labute approximate surface area is 156 Å². The lowest BCUT2D eigenvalue weighted by Gasteiger charge is -2.09. The Bertz CT molecular complexity index is 1090. The van der Waals surface area contributed by atoms with E-state index in [4.69, 9.17) is 4.52 Å². The second-order valence-corrected chi connectivity index (χ2v) is 6.90. The van der Waals surface area contributed by atoms with Crippen LogP contribution < -0.4 is 5.32 Å². The Morgan fingerprint density at radius 2 is 2.15 bits per heavy atom. The third kappa shape index (κ3) is 3.28. The first kappa shape index (κ1) is 17.2. The summed E-state index contributed by atoms with van der Waals surface area (Å²) in [6.45, 7) is 6.37.